The van der Waals surface area contributed by atoms with Gasteiger partial charge in [0.15, 0.2) is 0 Å². The molecule has 1 aliphatic heterocycles. The number of allylic oxidation sites excluding steroid dienone is 1. The van der Waals surface area contributed by atoms with E-state index in [-0.39, 0.29) is 27.9 Å². The molecule has 8 heteroatoms. The van der Waals surface area contributed by atoms with Crippen molar-refractivity contribution in [3.05, 3.63) is 79.9 Å². The number of nitriles is 2. The number of hydrogen-bond acceptors (Lipinski definition) is 6. The van der Waals surface area contributed by atoms with Crippen molar-refractivity contribution in [3.8, 4) is 12.1 Å². The molecule has 3 aromatic rings. The molecule has 0 bridgehead atoms. The summed E-state index contributed by atoms with van der Waals surface area (Å²) in [6, 6.07) is 14.2. The van der Waals surface area contributed by atoms with Crippen LogP contribution in [0.15, 0.2) is 57.6 Å². The van der Waals surface area contributed by atoms with Gasteiger partial charge in [0, 0.05) is 5.69 Å². The smallest absolute Gasteiger partial charge is 0.281 e. The third kappa shape index (κ3) is 2.08. The number of nitrogens with two attached hydrogens (primary N) is 2. The molecular weight excluding hydrogens is 344 g/mol. The predicted octanol–water partition coefficient (Wildman–Crippen LogP) is 0.871. The van der Waals surface area contributed by atoms with Gasteiger partial charge in [0.25, 0.3) is 11.1 Å². The zero-order valence-electron chi connectivity index (χ0n) is 13.9. The highest BCUT2D eigenvalue weighted by atomic mass is 16.2. The van der Waals surface area contributed by atoms with Crippen LogP contribution in [0.3, 0.4) is 0 Å². The second-order valence-electron chi connectivity index (χ2n) is 6.08. The molecule has 0 aliphatic carbocycles. The van der Waals surface area contributed by atoms with E-state index in [4.69, 9.17) is 16.7 Å². The molecule has 1 atom stereocenters. The van der Waals surface area contributed by atoms with Crippen LogP contribution in [0.4, 0.5) is 5.69 Å². The molecule has 4 N–H and O–H groups in total. The van der Waals surface area contributed by atoms with Gasteiger partial charge in [0.2, 0.25) is 0 Å². The number of hydrogen-bond donors (Lipinski definition) is 2. The van der Waals surface area contributed by atoms with Gasteiger partial charge >= 0.3 is 0 Å². The van der Waals surface area contributed by atoms with Gasteiger partial charge in [0.1, 0.15) is 23.5 Å². The van der Waals surface area contributed by atoms with E-state index in [9.17, 15) is 14.9 Å². The lowest BCUT2D eigenvalue weighted by Gasteiger charge is -2.17. The second kappa shape index (κ2) is 5.61. The molecule has 8 nitrogen and oxygen atoms in total. The number of fused-ring (bicyclic) bond motifs is 2. The quantitative estimate of drug-likeness (QED) is 0.619. The first-order chi connectivity index (χ1) is 13.0. The molecule has 0 amide bonds. The first-order valence-corrected chi connectivity index (χ1v) is 7.95. The summed E-state index contributed by atoms with van der Waals surface area (Å²) in [4.78, 5) is 26.1. The molecule has 1 unspecified atom stereocenters. The van der Waals surface area contributed by atoms with Crippen molar-refractivity contribution in [2.45, 2.75) is 6.04 Å². The lowest BCUT2D eigenvalue weighted by molar-refractivity contribution is 0.539. The Morgan fingerprint density at radius 1 is 0.926 bits per heavy atom. The Morgan fingerprint density at radius 3 is 2.26 bits per heavy atom. The Morgan fingerprint density at radius 2 is 1.63 bits per heavy atom. The van der Waals surface area contributed by atoms with Crippen LogP contribution in [0.5, 0.6) is 0 Å². The minimum Gasteiger partial charge on any atom is -0.398 e. The van der Waals surface area contributed by atoms with E-state index in [0.717, 1.165) is 4.68 Å². The molecule has 0 fully saturated rings. The largest absolute Gasteiger partial charge is 0.398 e. The van der Waals surface area contributed by atoms with Crippen molar-refractivity contribution >= 4 is 22.3 Å². The summed E-state index contributed by atoms with van der Waals surface area (Å²) in [7, 11) is 0. The zero-order valence-corrected chi connectivity index (χ0v) is 13.9. The maximum atomic E-state index is 13.1. The molecule has 130 valence electrons. The van der Waals surface area contributed by atoms with E-state index in [2.05, 4.69) is 0 Å². The van der Waals surface area contributed by atoms with Crippen LogP contribution in [0.1, 0.15) is 17.2 Å². The van der Waals surface area contributed by atoms with Gasteiger partial charge in [-0.1, -0.05) is 18.2 Å². The van der Waals surface area contributed by atoms with E-state index in [1.807, 2.05) is 12.1 Å². The highest BCUT2D eigenvalue weighted by Gasteiger charge is 2.34. The molecule has 1 aromatic heterocycles. The van der Waals surface area contributed by atoms with E-state index in [0.29, 0.717) is 11.1 Å². The number of aromatic nitrogens is 2. The Labute approximate surface area is 152 Å². The monoisotopic (exact) mass is 356 g/mol. The summed E-state index contributed by atoms with van der Waals surface area (Å²) in [5.74, 6) is -0.112. The number of benzene rings is 2. The molecule has 0 radical (unpaired) electrons. The van der Waals surface area contributed by atoms with Crippen molar-refractivity contribution in [3.63, 3.8) is 0 Å². The molecule has 4 rings (SSSR count). The summed E-state index contributed by atoms with van der Waals surface area (Å²) in [5, 5.41) is 18.8. The van der Waals surface area contributed by atoms with Gasteiger partial charge in [0.05, 0.1) is 22.4 Å². The number of anilines is 1. The lowest BCUT2D eigenvalue weighted by Crippen LogP contribution is -2.38. The van der Waals surface area contributed by atoms with Gasteiger partial charge in [-0.15, -0.1) is 0 Å². The SMILES string of the molecule is N#CC1=C(N)n2c(=O)c3c(N)cccc3c(=O)n2C1c1ccc(C#N)cc1. The zero-order chi connectivity index (χ0) is 19.3. The van der Waals surface area contributed by atoms with Gasteiger partial charge in [-0.3, -0.25) is 9.59 Å². The highest BCUT2D eigenvalue weighted by Crippen LogP contribution is 2.32. The fraction of sp³-hybridized carbons (Fsp3) is 0.0526. The molecule has 0 saturated heterocycles. The van der Waals surface area contributed by atoms with Crippen molar-refractivity contribution < 1.29 is 0 Å². The number of nitrogens with zero attached hydrogens (tertiary/aromatic N) is 4. The van der Waals surface area contributed by atoms with Crippen molar-refractivity contribution in [1.82, 2.24) is 9.36 Å². The van der Waals surface area contributed by atoms with Crippen molar-refractivity contribution in [2.24, 2.45) is 5.73 Å². The summed E-state index contributed by atoms with van der Waals surface area (Å²) in [6.07, 6.45) is 0. The standard InChI is InChI=1S/C19H12N6O2/c20-8-10-4-6-11(7-5-10)16-13(9-21)17(23)25-19(27)15-12(18(26)24(16)25)2-1-3-14(15)22/h1-7,16H,22-23H2. The van der Waals surface area contributed by atoms with Crippen molar-refractivity contribution in [2.75, 3.05) is 5.73 Å². The average molecular weight is 356 g/mol. The Kier molecular flexibility index (Phi) is 3.36. The second-order valence-corrected chi connectivity index (χ2v) is 6.08. The minimum atomic E-state index is -0.867. The van der Waals surface area contributed by atoms with E-state index < -0.39 is 17.2 Å². The first-order valence-electron chi connectivity index (χ1n) is 7.95. The van der Waals surface area contributed by atoms with E-state index in [1.54, 1.807) is 30.3 Å². The summed E-state index contributed by atoms with van der Waals surface area (Å²) >= 11 is 0. The molecule has 27 heavy (non-hydrogen) atoms. The van der Waals surface area contributed by atoms with E-state index in [1.165, 1.54) is 16.8 Å². The normalized spacial score (nSPS) is 15.4. The van der Waals surface area contributed by atoms with Crippen LogP contribution < -0.4 is 22.6 Å². The predicted molar refractivity (Wildman–Crippen MR) is 99.2 cm³/mol. The highest BCUT2D eigenvalue weighted by molar-refractivity contribution is 5.92. The van der Waals surface area contributed by atoms with Crippen LogP contribution in [-0.4, -0.2) is 9.36 Å². The fourth-order valence-electron chi connectivity index (χ4n) is 3.41. The van der Waals surface area contributed by atoms with Crippen LogP contribution in [0.2, 0.25) is 0 Å². The third-order valence-corrected chi connectivity index (χ3v) is 4.65. The Hall–Kier alpha value is -4.30. The molecule has 2 heterocycles. The molecule has 2 aromatic carbocycles. The third-order valence-electron chi connectivity index (χ3n) is 4.65. The lowest BCUT2D eigenvalue weighted by atomic mass is 9.99. The maximum Gasteiger partial charge on any atom is 0.281 e. The van der Waals surface area contributed by atoms with Crippen LogP contribution in [0.25, 0.3) is 16.6 Å². The maximum absolute atomic E-state index is 13.1. The van der Waals surface area contributed by atoms with Crippen molar-refractivity contribution in [1.29, 1.82) is 10.5 Å². The minimum absolute atomic E-state index is 0.0690. The van der Waals surface area contributed by atoms with Gasteiger partial charge in [-0.2, -0.15) is 15.2 Å². The van der Waals surface area contributed by atoms with E-state index >= 15 is 0 Å². The fourth-order valence-corrected chi connectivity index (χ4v) is 3.41. The Balaban J connectivity index is 2.13. The molecular formula is C19H12N6O2. The number of rotatable bonds is 1. The summed E-state index contributed by atoms with van der Waals surface area (Å²) in [6.45, 7) is 0. The Bertz CT molecular complexity index is 1350. The first kappa shape index (κ1) is 16.2. The van der Waals surface area contributed by atoms with Gasteiger partial charge in [-0.05, 0) is 29.8 Å². The summed E-state index contributed by atoms with van der Waals surface area (Å²) < 4.78 is 2.17. The average Bonchev–Trinajstić information content (AvgIpc) is 2.98. The topological polar surface area (TPSA) is 144 Å². The molecule has 0 spiro atoms. The van der Waals surface area contributed by atoms with Gasteiger partial charge in [-0.25, -0.2) is 4.68 Å². The van der Waals surface area contributed by atoms with Gasteiger partial charge < -0.3 is 11.5 Å². The molecule has 0 saturated carbocycles. The van der Waals surface area contributed by atoms with Crippen LogP contribution in [0, 0.1) is 22.7 Å². The van der Waals surface area contributed by atoms with Crippen LogP contribution in [-0.2, 0) is 0 Å². The molecule has 1 aliphatic rings. The van der Waals surface area contributed by atoms with Crippen LogP contribution >= 0.6 is 0 Å². The number of nitrogen functional groups attached to an aromatic ring is 1. The summed E-state index contributed by atoms with van der Waals surface area (Å²) in [5.41, 5.74) is 12.1.